The van der Waals surface area contributed by atoms with Gasteiger partial charge in [-0.15, -0.1) is 11.3 Å². The van der Waals surface area contributed by atoms with Gasteiger partial charge in [0, 0.05) is 11.8 Å². The first-order chi connectivity index (χ1) is 10.1. The van der Waals surface area contributed by atoms with Crippen LogP contribution in [0.25, 0.3) is 10.2 Å². The Kier molecular flexibility index (Phi) is 5.72. The maximum atomic E-state index is 12.7. The average molecular weight is 344 g/mol. The molecular weight excluding hydrogens is 328 g/mol. The lowest BCUT2D eigenvalue weighted by atomic mass is 10.2. The molecule has 0 bridgehead atoms. The normalized spacial score (nSPS) is 12.7. The molecule has 2 aromatic rings. The zero-order chi connectivity index (χ0) is 15.4. The molecule has 0 saturated carbocycles. The van der Waals surface area contributed by atoms with Crippen molar-refractivity contribution in [1.82, 2.24) is 9.55 Å². The zero-order valence-electron chi connectivity index (χ0n) is 11.7. The van der Waals surface area contributed by atoms with E-state index in [-0.39, 0.29) is 17.4 Å². The van der Waals surface area contributed by atoms with E-state index in [4.69, 9.17) is 5.11 Å². The lowest BCUT2D eigenvalue weighted by Crippen LogP contribution is -2.28. The maximum Gasteiger partial charge on any atom is 0.313 e. The van der Waals surface area contributed by atoms with Gasteiger partial charge in [0.25, 0.3) is 5.56 Å². The molecule has 0 radical (unpaired) electrons. The molecule has 2 heterocycles. The fourth-order valence-electron chi connectivity index (χ4n) is 2.02. The fourth-order valence-corrected chi connectivity index (χ4v) is 4.34. The van der Waals surface area contributed by atoms with Gasteiger partial charge in [0.05, 0.1) is 11.3 Å². The molecule has 0 aliphatic heterocycles. The third-order valence-corrected chi connectivity index (χ3v) is 5.55. The first-order valence-electron chi connectivity index (χ1n) is 6.41. The second-order valence-electron chi connectivity index (χ2n) is 4.40. The molecule has 2 aromatic heterocycles. The van der Waals surface area contributed by atoms with Gasteiger partial charge in [-0.05, 0) is 24.1 Å². The highest BCUT2D eigenvalue weighted by Crippen LogP contribution is 2.25. The number of thiophene rings is 1. The minimum Gasteiger partial charge on any atom is -0.481 e. The Labute approximate surface area is 134 Å². The molecule has 0 fully saturated rings. The second kappa shape index (κ2) is 7.33. The molecule has 0 aliphatic carbocycles. The summed E-state index contributed by atoms with van der Waals surface area (Å²) in [6.45, 7) is 2.03. The van der Waals surface area contributed by atoms with Gasteiger partial charge in [-0.2, -0.15) is 11.8 Å². The first kappa shape index (κ1) is 16.4. The van der Waals surface area contributed by atoms with Crippen molar-refractivity contribution < 1.29 is 9.90 Å². The van der Waals surface area contributed by atoms with E-state index in [0.717, 1.165) is 23.9 Å². The van der Waals surface area contributed by atoms with Gasteiger partial charge in [-0.25, -0.2) is 4.98 Å². The summed E-state index contributed by atoms with van der Waals surface area (Å²) in [7, 11) is 0. The van der Waals surface area contributed by atoms with E-state index in [0.29, 0.717) is 15.4 Å². The molecule has 0 aliphatic rings. The number of hydrogen-bond acceptors (Lipinski definition) is 6. The SMILES string of the molecule is CCC(CSC)n1c(SCC(=O)O)nc2ccsc2c1=O. The van der Waals surface area contributed by atoms with Crippen molar-refractivity contribution in [2.45, 2.75) is 24.5 Å². The number of aromatic nitrogens is 2. The van der Waals surface area contributed by atoms with E-state index in [2.05, 4.69) is 4.98 Å². The highest BCUT2D eigenvalue weighted by Gasteiger charge is 2.19. The Morgan fingerprint density at radius 3 is 2.95 bits per heavy atom. The number of carboxylic acids is 1. The number of thioether (sulfide) groups is 2. The zero-order valence-corrected chi connectivity index (χ0v) is 14.2. The molecule has 1 unspecified atom stereocenters. The van der Waals surface area contributed by atoms with Gasteiger partial charge in [0.15, 0.2) is 5.16 Å². The standard InChI is InChI=1S/C13H16N2O3S3/c1-3-8(6-19-2)15-12(18)11-9(4-5-20-11)14-13(15)21-7-10(16)17/h4-5,8H,3,6-7H2,1-2H3,(H,16,17). The first-order valence-corrected chi connectivity index (χ1v) is 9.67. The summed E-state index contributed by atoms with van der Waals surface area (Å²) in [6, 6.07) is 1.83. The predicted molar refractivity (Wildman–Crippen MR) is 89.9 cm³/mol. The van der Waals surface area contributed by atoms with E-state index in [9.17, 15) is 9.59 Å². The average Bonchev–Trinajstić information content (AvgIpc) is 2.92. The molecule has 5 nitrogen and oxygen atoms in total. The van der Waals surface area contributed by atoms with Crippen LogP contribution >= 0.6 is 34.9 Å². The van der Waals surface area contributed by atoms with E-state index in [1.165, 1.54) is 11.3 Å². The Bertz CT molecular complexity index is 696. The number of hydrogen-bond donors (Lipinski definition) is 1. The summed E-state index contributed by atoms with van der Waals surface area (Å²) in [5.41, 5.74) is 0.580. The molecule has 1 atom stereocenters. The molecular formula is C13H16N2O3S3. The third kappa shape index (κ3) is 3.61. The summed E-state index contributed by atoms with van der Waals surface area (Å²) in [6.07, 6.45) is 2.80. The lowest BCUT2D eigenvalue weighted by Gasteiger charge is -2.20. The van der Waals surface area contributed by atoms with Crippen molar-refractivity contribution in [2.75, 3.05) is 17.8 Å². The van der Waals surface area contributed by atoms with Crippen molar-refractivity contribution in [2.24, 2.45) is 0 Å². The molecule has 114 valence electrons. The summed E-state index contributed by atoms with van der Waals surface area (Å²) in [4.78, 5) is 28.0. The molecule has 0 aromatic carbocycles. The summed E-state index contributed by atoms with van der Waals surface area (Å²) in [5.74, 6) is -0.211. The lowest BCUT2D eigenvalue weighted by molar-refractivity contribution is -0.133. The summed E-state index contributed by atoms with van der Waals surface area (Å²) >= 11 is 4.15. The van der Waals surface area contributed by atoms with Crippen LogP contribution in [0.15, 0.2) is 21.4 Å². The van der Waals surface area contributed by atoms with Crippen LogP contribution in [-0.2, 0) is 4.79 Å². The number of rotatable bonds is 7. The molecule has 1 N–H and O–H groups in total. The minimum absolute atomic E-state index is 0.0304. The number of aliphatic carboxylic acids is 1. The Balaban J connectivity index is 2.56. The van der Waals surface area contributed by atoms with Crippen LogP contribution in [0, 0.1) is 0 Å². The van der Waals surface area contributed by atoms with Gasteiger partial charge >= 0.3 is 5.97 Å². The van der Waals surface area contributed by atoms with Crippen LogP contribution in [0.4, 0.5) is 0 Å². The summed E-state index contributed by atoms with van der Waals surface area (Å²) < 4.78 is 2.30. The molecule has 2 rings (SSSR count). The van der Waals surface area contributed by atoms with Gasteiger partial charge in [-0.3, -0.25) is 14.2 Å². The van der Waals surface area contributed by atoms with E-state index >= 15 is 0 Å². The third-order valence-electron chi connectivity index (χ3n) is 3.00. The molecule has 21 heavy (non-hydrogen) atoms. The minimum atomic E-state index is -0.913. The number of carboxylic acid groups (broad SMARTS) is 1. The highest BCUT2D eigenvalue weighted by molar-refractivity contribution is 7.99. The van der Waals surface area contributed by atoms with Gasteiger partial charge in [-0.1, -0.05) is 18.7 Å². The van der Waals surface area contributed by atoms with Crippen LogP contribution in [-0.4, -0.2) is 38.4 Å². The smallest absolute Gasteiger partial charge is 0.313 e. The highest BCUT2D eigenvalue weighted by atomic mass is 32.2. The topological polar surface area (TPSA) is 72.2 Å². The maximum absolute atomic E-state index is 12.7. The van der Waals surface area contributed by atoms with E-state index in [1.54, 1.807) is 22.4 Å². The van der Waals surface area contributed by atoms with Crippen molar-refractivity contribution in [3.05, 3.63) is 21.8 Å². The van der Waals surface area contributed by atoms with Crippen LogP contribution in [0.5, 0.6) is 0 Å². The molecule has 0 amide bonds. The predicted octanol–water partition coefficient (Wildman–Crippen LogP) is 2.95. The number of fused-ring (bicyclic) bond motifs is 1. The quantitative estimate of drug-likeness (QED) is 0.615. The largest absolute Gasteiger partial charge is 0.481 e. The van der Waals surface area contributed by atoms with Crippen LogP contribution < -0.4 is 5.56 Å². The number of carbonyl (C=O) groups is 1. The Morgan fingerprint density at radius 1 is 1.57 bits per heavy atom. The second-order valence-corrected chi connectivity index (χ2v) is 7.17. The Morgan fingerprint density at radius 2 is 2.33 bits per heavy atom. The van der Waals surface area contributed by atoms with Crippen LogP contribution in [0.2, 0.25) is 0 Å². The van der Waals surface area contributed by atoms with E-state index < -0.39 is 5.97 Å². The number of nitrogens with zero attached hydrogens (tertiary/aromatic N) is 2. The molecule has 0 spiro atoms. The van der Waals surface area contributed by atoms with Crippen LogP contribution in [0.1, 0.15) is 19.4 Å². The fraction of sp³-hybridized carbons (Fsp3) is 0.462. The summed E-state index contributed by atoms with van der Waals surface area (Å²) in [5, 5.41) is 11.2. The Hall–Kier alpha value is -0.990. The molecule has 8 heteroatoms. The van der Waals surface area contributed by atoms with Crippen molar-refractivity contribution >= 4 is 51.0 Å². The van der Waals surface area contributed by atoms with Gasteiger partial charge < -0.3 is 5.11 Å². The van der Waals surface area contributed by atoms with E-state index in [1.807, 2.05) is 18.6 Å². The van der Waals surface area contributed by atoms with Crippen molar-refractivity contribution in [3.8, 4) is 0 Å². The monoisotopic (exact) mass is 344 g/mol. The van der Waals surface area contributed by atoms with Crippen LogP contribution in [0.3, 0.4) is 0 Å². The van der Waals surface area contributed by atoms with Gasteiger partial charge in [0.2, 0.25) is 0 Å². The molecule has 0 saturated heterocycles. The van der Waals surface area contributed by atoms with Gasteiger partial charge in [0.1, 0.15) is 4.70 Å². The van der Waals surface area contributed by atoms with Crippen molar-refractivity contribution in [1.29, 1.82) is 0 Å². The van der Waals surface area contributed by atoms with Crippen molar-refractivity contribution in [3.63, 3.8) is 0 Å².